The first-order valence-electron chi connectivity index (χ1n) is 6.86. The lowest BCUT2D eigenvalue weighted by Crippen LogP contribution is -2.23. The Bertz CT molecular complexity index is 623. The summed E-state index contributed by atoms with van der Waals surface area (Å²) in [7, 11) is 0. The van der Waals surface area contributed by atoms with E-state index < -0.39 is 0 Å². The second-order valence-corrected chi connectivity index (χ2v) is 5.66. The molecule has 0 aliphatic heterocycles. The van der Waals surface area contributed by atoms with Gasteiger partial charge in [-0.2, -0.15) is 0 Å². The third-order valence-electron chi connectivity index (χ3n) is 3.06. The van der Waals surface area contributed by atoms with Gasteiger partial charge in [-0.1, -0.05) is 45.8 Å². The molecule has 110 valence electrons. The minimum absolute atomic E-state index is 0.139. The van der Waals surface area contributed by atoms with Crippen LogP contribution in [0.5, 0.6) is 5.75 Å². The van der Waals surface area contributed by atoms with Gasteiger partial charge in [-0.15, -0.1) is 0 Å². The van der Waals surface area contributed by atoms with Gasteiger partial charge < -0.3 is 10.1 Å². The number of amides is 1. The Kier molecular flexibility index (Phi) is 5.39. The van der Waals surface area contributed by atoms with Crippen molar-refractivity contribution in [3.63, 3.8) is 0 Å². The summed E-state index contributed by atoms with van der Waals surface area (Å²) in [4.78, 5) is 12.3. The van der Waals surface area contributed by atoms with Crippen LogP contribution in [0.2, 0.25) is 0 Å². The average molecular weight is 348 g/mol. The minimum Gasteiger partial charge on any atom is -0.493 e. The molecule has 0 heterocycles. The topological polar surface area (TPSA) is 38.3 Å². The Balaban J connectivity index is 2.09. The highest BCUT2D eigenvalue weighted by atomic mass is 79.9. The van der Waals surface area contributed by atoms with Gasteiger partial charge >= 0.3 is 0 Å². The number of aryl methyl sites for hydroxylation is 1. The summed E-state index contributed by atoms with van der Waals surface area (Å²) >= 11 is 3.38. The molecule has 1 amide bonds. The van der Waals surface area contributed by atoms with Crippen LogP contribution >= 0.6 is 15.9 Å². The lowest BCUT2D eigenvalue weighted by atomic mass is 10.1. The van der Waals surface area contributed by atoms with E-state index in [1.807, 2.05) is 44.2 Å². The van der Waals surface area contributed by atoms with Crippen LogP contribution in [0.15, 0.2) is 46.9 Å². The summed E-state index contributed by atoms with van der Waals surface area (Å²) in [5.74, 6) is 0.461. The van der Waals surface area contributed by atoms with E-state index >= 15 is 0 Å². The van der Waals surface area contributed by atoms with Crippen molar-refractivity contribution < 1.29 is 9.53 Å². The van der Waals surface area contributed by atoms with Crippen LogP contribution in [-0.4, -0.2) is 12.5 Å². The van der Waals surface area contributed by atoms with Crippen LogP contribution in [0.25, 0.3) is 0 Å². The van der Waals surface area contributed by atoms with Crippen LogP contribution in [0.4, 0.5) is 0 Å². The third kappa shape index (κ3) is 4.33. The summed E-state index contributed by atoms with van der Waals surface area (Å²) in [6.45, 7) is 4.96. The van der Waals surface area contributed by atoms with E-state index in [-0.39, 0.29) is 5.91 Å². The number of nitrogens with one attached hydrogen (secondary N) is 1. The number of ether oxygens (including phenoxy) is 1. The van der Waals surface area contributed by atoms with E-state index in [2.05, 4.69) is 21.2 Å². The zero-order chi connectivity index (χ0) is 15.2. The average Bonchev–Trinajstić information content (AvgIpc) is 2.48. The number of benzene rings is 2. The molecule has 2 aromatic carbocycles. The number of rotatable bonds is 5. The van der Waals surface area contributed by atoms with Crippen molar-refractivity contribution in [2.24, 2.45) is 0 Å². The molecular formula is C17H18BrNO2. The lowest BCUT2D eigenvalue weighted by Gasteiger charge is -2.11. The molecule has 0 radical (unpaired) electrons. The van der Waals surface area contributed by atoms with Gasteiger partial charge in [0.1, 0.15) is 5.75 Å². The Hall–Kier alpha value is -1.81. The lowest BCUT2D eigenvalue weighted by molar-refractivity contribution is 0.0947. The first kappa shape index (κ1) is 15.6. The van der Waals surface area contributed by atoms with Crippen molar-refractivity contribution >= 4 is 21.8 Å². The second-order valence-electron chi connectivity index (χ2n) is 4.74. The van der Waals surface area contributed by atoms with Gasteiger partial charge in [0.15, 0.2) is 0 Å². The summed E-state index contributed by atoms with van der Waals surface area (Å²) in [6.07, 6.45) is 0. The summed E-state index contributed by atoms with van der Waals surface area (Å²) in [6, 6.07) is 13.5. The van der Waals surface area contributed by atoms with Crippen molar-refractivity contribution in [1.29, 1.82) is 0 Å². The molecule has 1 N–H and O–H groups in total. The van der Waals surface area contributed by atoms with Gasteiger partial charge in [0.2, 0.25) is 0 Å². The highest BCUT2D eigenvalue weighted by Crippen LogP contribution is 2.23. The molecule has 0 spiro atoms. The molecule has 0 atom stereocenters. The van der Waals surface area contributed by atoms with Gasteiger partial charge in [-0.05, 0) is 37.6 Å². The molecule has 0 saturated carbocycles. The van der Waals surface area contributed by atoms with E-state index in [9.17, 15) is 4.79 Å². The Morgan fingerprint density at radius 1 is 1.19 bits per heavy atom. The first-order chi connectivity index (χ1) is 10.1. The molecule has 0 unspecified atom stereocenters. The fraction of sp³-hybridized carbons (Fsp3) is 0.235. The van der Waals surface area contributed by atoms with E-state index in [1.165, 1.54) is 5.56 Å². The van der Waals surface area contributed by atoms with E-state index in [0.29, 0.717) is 24.5 Å². The van der Waals surface area contributed by atoms with Gasteiger partial charge in [0.05, 0.1) is 12.2 Å². The van der Waals surface area contributed by atoms with Crippen LogP contribution in [0, 0.1) is 6.92 Å². The van der Waals surface area contributed by atoms with E-state index in [4.69, 9.17) is 4.74 Å². The molecule has 0 aliphatic carbocycles. The minimum atomic E-state index is -0.139. The van der Waals surface area contributed by atoms with Crippen molar-refractivity contribution in [1.82, 2.24) is 5.32 Å². The standard InChI is InChI=1S/C17H18BrNO2/c1-3-21-16-9-8-14(18)10-15(16)17(20)19-11-13-6-4-12(2)5-7-13/h4-10H,3,11H2,1-2H3,(H,19,20). The van der Waals surface area contributed by atoms with Crippen molar-refractivity contribution in [2.75, 3.05) is 6.61 Å². The number of hydrogen-bond donors (Lipinski definition) is 1. The Morgan fingerprint density at radius 2 is 1.90 bits per heavy atom. The summed E-state index contributed by atoms with van der Waals surface area (Å²) in [5, 5.41) is 2.92. The van der Waals surface area contributed by atoms with E-state index in [0.717, 1.165) is 10.0 Å². The first-order valence-corrected chi connectivity index (χ1v) is 7.65. The van der Waals surface area contributed by atoms with Crippen LogP contribution in [0.1, 0.15) is 28.4 Å². The zero-order valence-corrected chi connectivity index (χ0v) is 13.7. The number of carbonyl (C=O) groups excluding carboxylic acids is 1. The molecule has 0 fully saturated rings. The fourth-order valence-corrected chi connectivity index (χ4v) is 2.31. The molecule has 0 saturated heterocycles. The maximum Gasteiger partial charge on any atom is 0.255 e. The molecule has 0 bridgehead atoms. The van der Waals surface area contributed by atoms with Crippen molar-refractivity contribution in [2.45, 2.75) is 20.4 Å². The summed E-state index contributed by atoms with van der Waals surface area (Å²) < 4.78 is 6.35. The van der Waals surface area contributed by atoms with Crippen LogP contribution < -0.4 is 10.1 Å². The monoisotopic (exact) mass is 347 g/mol. The Morgan fingerprint density at radius 3 is 2.57 bits per heavy atom. The number of hydrogen-bond acceptors (Lipinski definition) is 2. The quantitative estimate of drug-likeness (QED) is 0.884. The molecule has 4 heteroatoms. The molecule has 2 rings (SSSR count). The fourth-order valence-electron chi connectivity index (χ4n) is 1.94. The summed E-state index contributed by atoms with van der Waals surface area (Å²) in [5.41, 5.74) is 2.82. The molecule has 2 aromatic rings. The maximum atomic E-state index is 12.3. The zero-order valence-electron chi connectivity index (χ0n) is 12.2. The smallest absolute Gasteiger partial charge is 0.255 e. The Labute approximate surface area is 133 Å². The van der Waals surface area contributed by atoms with Crippen molar-refractivity contribution in [3.8, 4) is 5.75 Å². The largest absolute Gasteiger partial charge is 0.493 e. The molecule has 3 nitrogen and oxygen atoms in total. The number of halogens is 1. The predicted molar refractivity (Wildman–Crippen MR) is 87.7 cm³/mol. The second kappa shape index (κ2) is 7.27. The number of carbonyl (C=O) groups is 1. The highest BCUT2D eigenvalue weighted by molar-refractivity contribution is 9.10. The third-order valence-corrected chi connectivity index (χ3v) is 3.55. The molecule has 0 aromatic heterocycles. The maximum absolute atomic E-state index is 12.3. The van der Waals surface area contributed by atoms with Gasteiger partial charge in [0, 0.05) is 11.0 Å². The van der Waals surface area contributed by atoms with E-state index in [1.54, 1.807) is 12.1 Å². The van der Waals surface area contributed by atoms with Crippen LogP contribution in [-0.2, 0) is 6.54 Å². The molecule has 21 heavy (non-hydrogen) atoms. The van der Waals surface area contributed by atoms with Gasteiger partial charge in [0.25, 0.3) is 5.91 Å². The molecule has 0 aliphatic rings. The van der Waals surface area contributed by atoms with Gasteiger partial charge in [-0.3, -0.25) is 4.79 Å². The van der Waals surface area contributed by atoms with Gasteiger partial charge in [-0.25, -0.2) is 0 Å². The van der Waals surface area contributed by atoms with Crippen LogP contribution in [0.3, 0.4) is 0 Å². The SMILES string of the molecule is CCOc1ccc(Br)cc1C(=O)NCc1ccc(C)cc1. The predicted octanol–water partition coefficient (Wildman–Crippen LogP) is 4.09. The van der Waals surface area contributed by atoms with Crippen molar-refractivity contribution in [3.05, 3.63) is 63.6 Å². The highest BCUT2D eigenvalue weighted by Gasteiger charge is 2.12. The molecular weight excluding hydrogens is 330 g/mol. The normalized spacial score (nSPS) is 10.2.